The van der Waals surface area contributed by atoms with Gasteiger partial charge in [-0.05, 0) is 23.7 Å². The molecule has 0 aliphatic carbocycles. The molecule has 0 amide bonds. The van der Waals surface area contributed by atoms with Crippen LogP contribution in [-0.2, 0) is 0 Å². The van der Waals surface area contributed by atoms with E-state index >= 15 is 0 Å². The molecule has 212 valence electrons. The fourth-order valence-electron chi connectivity index (χ4n) is 3.19. The molecule has 0 fully saturated rings. The molecule has 0 saturated heterocycles. The molecule has 39 heavy (non-hydrogen) atoms. The van der Waals surface area contributed by atoms with Gasteiger partial charge in [0.1, 0.15) is 11.6 Å². The lowest BCUT2D eigenvalue weighted by Crippen LogP contribution is -2.15. The predicted octanol–water partition coefficient (Wildman–Crippen LogP) is 1.39. The number of nitrogen functional groups attached to an aromatic ring is 2. The molecular weight excluding hydrogens is 528 g/mol. The minimum atomic E-state index is 0.109. The van der Waals surface area contributed by atoms with Crippen LogP contribution in [0.3, 0.4) is 0 Å². The average molecular weight is 563 g/mol. The SMILES string of the molecule is COc1cc2nc(Cl)nc(N)c2cc1OC.COc1cc2nc(NCCN)nc(N)c2cc1OC.NCCN. The Morgan fingerprint density at radius 2 is 1.08 bits per heavy atom. The van der Waals surface area contributed by atoms with E-state index in [1.165, 1.54) is 0 Å². The zero-order valence-corrected chi connectivity index (χ0v) is 23.1. The highest BCUT2D eigenvalue weighted by Gasteiger charge is 2.12. The number of ether oxygens (including phenoxy) is 4. The quantitative estimate of drug-likeness (QED) is 0.167. The first-order valence-electron chi connectivity index (χ1n) is 11.6. The molecular formula is C24H35ClN10O4. The van der Waals surface area contributed by atoms with Crippen LogP contribution in [0, 0.1) is 0 Å². The lowest BCUT2D eigenvalue weighted by molar-refractivity contribution is 0.356. The van der Waals surface area contributed by atoms with E-state index in [1.54, 1.807) is 52.7 Å². The van der Waals surface area contributed by atoms with Gasteiger partial charge in [0, 0.05) is 49.1 Å². The van der Waals surface area contributed by atoms with E-state index in [0.717, 1.165) is 5.39 Å². The minimum absolute atomic E-state index is 0.109. The Labute approximate surface area is 231 Å². The first kappa shape index (κ1) is 31.1. The van der Waals surface area contributed by atoms with Crippen LogP contribution in [0.25, 0.3) is 21.8 Å². The van der Waals surface area contributed by atoms with Gasteiger partial charge < -0.3 is 52.9 Å². The van der Waals surface area contributed by atoms with Crippen LogP contribution < -0.4 is 52.9 Å². The monoisotopic (exact) mass is 562 g/mol. The van der Waals surface area contributed by atoms with E-state index in [0.29, 0.717) is 83.2 Å². The second-order valence-corrected chi connectivity index (χ2v) is 7.89. The van der Waals surface area contributed by atoms with E-state index in [9.17, 15) is 0 Å². The van der Waals surface area contributed by atoms with Gasteiger partial charge in [0.15, 0.2) is 23.0 Å². The maximum absolute atomic E-state index is 5.93. The number of anilines is 3. The molecule has 0 saturated carbocycles. The highest BCUT2D eigenvalue weighted by Crippen LogP contribution is 2.34. The van der Waals surface area contributed by atoms with Crippen LogP contribution in [0.2, 0.25) is 5.28 Å². The number of methoxy groups -OCH3 is 4. The summed E-state index contributed by atoms with van der Waals surface area (Å²) < 4.78 is 20.8. The summed E-state index contributed by atoms with van der Waals surface area (Å²) in [6, 6.07) is 6.95. The van der Waals surface area contributed by atoms with Crippen LogP contribution in [-0.4, -0.2) is 74.6 Å². The molecule has 0 bridgehead atoms. The molecule has 15 heteroatoms. The van der Waals surface area contributed by atoms with Crippen molar-refractivity contribution in [1.29, 1.82) is 0 Å². The molecule has 11 N–H and O–H groups in total. The average Bonchev–Trinajstić information content (AvgIpc) is 2.95. The second kappa shape index (κ2) is 15.3. The van der Waals surface area contributed by atoms with Gasteiger partial charge in [-0.3, -0.25) is 0 Å². The number of rotatable bonds is 8. The number of halogens is 1. The van der Waals surface area contributed by atoms with Gasteiger partial charge in [-0.1, -0.05) is 0 Å². The summed E-state index contributed by atoms with van der Waals surface area (Å²) in [5.41, 5.74) is 28.2. The number of benzene rings is 2. The molecule has 0 unspecified atom stereocenters. The van der Waals surface area contributed by atoms with Crippen molar-refractivity contribution in [2.75, 3.05) is 71.4 Å². The van der Waals surface area contributed by atoms with Gasteiger partial charge in [-0.2, -0.15) is 4.98 Å². The summed E-state index contributed by atoms with van der Waals surface area (Å²) in [4.78, 5) is 16.5. The van der Waals surface area contributed by atoms with Crippen molar-refractivity contribution in [1.82, 2.24) is 19.9 Å². The Balaban J connectivity index is 0.000000243. The van der Waals surface area contributed by atoms with Gasteiger partial charge >= 0.3 is 0 Å². The van der Waals surface area contributed by atoms with Crippen molar-refractivity contribution in [2.45, 2.75) is 0 Å². The van der Waals surface area contributed by atoms with Crippen LogP contribution in [0.15, 0.2) is 24.3 Å². The van der Waals surface area contributed by atoms with Crippen LogP contribution >= 0.6 is 11.6 Å². The summed E-state index contributed by atoms with van der Waals surface area (Å²) in [7, 11) is 6.24. The van der Waals surface area contributed by atoms with Gasteiger partial charge in [-0.15, -0.1) is 0 Å². The molecule has 2 heterocycles. The fraction of sp³-hybridized carbons (Fsp3) is 0.333. The smallest absolute Gasteiger partial charge is 0.225 e. The Kier molecular flexibility index (Phi) is 12.2. The van der Waals surface area contributed by atoms with Gasteiger partial charge in [-0.25, -0.2) is 15.0 Å². The molecule has 0 spiro atoms. The summed E-state index contributed by atoms with van der Waals surface area (Å²) in [6.45, 7) is 2.27. The fourth-order valence-corrected chi connectivity index (χ4v) is 3.37. The third kappa shape index (κ3) is 8.19. The van der Waals surface area contributed by atoms with Crippen molar-refractivity contribution in [2.24, 2.45) is 17.2 Å². The van der Waals surface area contributed by atoms with Crippen LogP contribution in [0.5, 0.6) is 23.0 Å². The number of fused-ring (bicyclic) bond motifs is 2. The number of nitrogens with zero attached hydrogens (tertiary/aromatic N) is 4. The minimum Gasteiger partial charge on any atom is -0.493 e. The van der Waals surface area contributed by atoms with Crippen molar-refractivity contribution < 1.29 is 18.9 Å². The van der Waals surface area contributed by atoms with Crippen molar-refractivity contribution in [3.63, 3.8) is 0 Å². The first-order chi connectivity index (χ1) is 18.8. The lowest BCUT2D eigenvalue weighted by atomic mass is 10.2. The molecule has 2 aromatic carbocycles. The van der Waals surface area contributed by atoms with E-state index in [2.05, 4.69) is 25.3 Å². The number of hydrogen-bond acceptors (Lipinski definition) is 14. The van der Waals surface area contributed by atoms with Crippen molar-refractivity contribution >= 4 is 51.0 Å². The molecule has 4 rings (SSSR count). The van der Waals surface area contributed by atoms with E-state index < -0.39 is 0 Å². The molecule has 0 atom stereocenters. The second-order valence-electron chi connectivity index (χ2n) is 7.55. The lowest BCUT2D eigenvalue weighted by Gasteiger charge is -2.11. The molecule has 4 aromatic rings. The van der Waals surface area contributed by atoms with E-state index in [1.807, 2.05) is 0 Å². The zero-order valence-electron chi connectivity index (χ0n) is 22.3. The Bertz CT molecular complexity index is 1370. The summed E-state index contributed by atoms with van der Waals surface area (Å²) in [5.74, 6) is 3.48. The Hall–Kier alpha value is -4.11. The normalized spacial score (nSPS) is 10.2. The summed E-state index contributed by atoms with van der Waals surface area (Å²) >= 11 is 5.72. The molecule has 0 aliphatic heterocycles. The van der Waals surface area contributed by atoms with Gasteiger partial charge in [0.25, 0.3) is 0 Å². The Morgan fingerprint density at radius 1 is 0.641 bits per heavy atom. The summed E-state index contributed by atoms with van der Waals surface area (Å²) in [5, 5.41) is 4.50. The Morgan fingerprint density at radius 3 is 1.51 bits per heavy atom. The highest BCUT2D eigenvalue weighted by molar-refractivity contribution is 6.28. The highest BCUT2D eigenvalue weighted by atomic mass is 35.5. The standard InChI is InChI=1S/C12H17N5O2.C10H10ClN3O2.C2H8N2/c1-18-9-5-7-8(6-10(9)19-2)16-12(15-4-3-13)17-11(7)14;1-15-7-3-5-6(4-8(7)16-2)13-10(11)14-9(5)12;3-1-2-4/h5-6H,3-4,13H2,1-2H3,(H3,14,15,16,17);3-4H,1-2H3,(H2,12,13,14);1-4H2. The number of aromatic nitrogens is 4. The number of nitrogens with two attached hydrogens (primary N) is 5. The first-order valence-corrected chi connectivity index (χ1v) is 12.0. The predicted molar refractivity (Wildman–Crippen MR) is 155 cm³/mol. The van der Waals surface area contributed by atoms with E-state index in [4.69, 9.17) is 59.2 Å². The van der Waals surface area contributed by atoms with E-state index in [-0.39, 0.29) is 5.28 Å². The van der Waals surface area contributed by atoms with Crippen LogP contribution in [0.4, 0.5) is 17.6 Å². The third-order valence-electron chi connectivity index (χ3n) is 5.03. The topological polar surface area (TPSA) is 231 Å². The molecule has 14 nitrogen and oxygen atoms in total. The molecule has 0 radical (unpaired) electrons. The van der Waals surface area contributed by atoms with Gasteiger partial charge in [0.2, 0.25) is 11.2 Å². The number of hydrogen-bond donors (Lipinski definition) is 6. The van der Waals surface area contributed by atoms with Gasteiger partial charge in [0.05, 0.1) is 39.5 Å². The maximum Gasteiger partial charge on any atom is 0.225 e. The number of nitrogens with one attached hydrogen (secondary N) is 1. The van der Waals surface area contributed by atoms with Crippen LogP contribution in [0.1, 0.15) is 0 Å². The maximum atomic E-state index is 5.93. The summed E-state index contributed by atoms with van der Waals surface area (Å²) in [6.07, 6.45) is 0. The molecule has 0 aliphatic rings. The third-order valence-corrected chi connectivity index (χ3v) is 5.20. The van der Waals surface area contributed by atoms with Crippen molar-refractivity contribution in [3.8, 4) is 23.0 Å². The zero-order chi connectivity index (χ0) is 28.9. The largest absolute Gasteiger partial charge is 0.493 e. The van der Waals surface area contributed by atoms with Crippen molar-refractivity contribution in [3.05, 3.63) is 29.5 Å². The molecule has 2 aromatic heterocycles.